The van der Waals surface area contributed by atoms with Crippen LogP contribution in [0, 0.1) is 3.57 Å². The third-order valence-electron chi connectivity index (χ3n) is 2.24. The Labute approximate surface area is 102 Å². The number of hydrogen-bond acceptors (Lipinski definition) is 2. The van der Waals surface area contributed by atoms with E-state index in [1.165, 1.54) is 0 Å². The number of hydrogen-bond donors (Lipinski definition) is 1. The molecule has 0 aliphatic heterocycles. The first kappa shape index (κ1) is 10.7. The predicted octanol–water partition coefficient (Wildman–Crippen LogP) is 3.16. The highest BCUT2D eigenvalue weighted by Crippen LogP contribution is 2.23. The monoisotopic (exact) mass is 314 g/mol. The van der Waals surface area contributed by atoms with Gasteiger partial charge in [-0.2, -0.15) is 0 Å². The number of aliphatic hydroxyl groups is 1. The topological polar surface area (TPSA) is 33.4 Å². The van der Waals surface area contributed by atoms with Crippen LogP contribution in [-0.2, 0) is 6.42 Å². The van der Waals surface area contributed by atoms with Crippen LogP contribution in [0.1, 0.15) is 17.4 Å². The van der Waals surface area contributed by atoms with Crippen molar-refractivity contribution in [3.05, 3.63) is 57.6 Å². The SMILES string of the molecule is OC(Cc1ccco1)c1ccccc1I. The summed E-state index contributed by atoms with van der Waals surface area (Å²) in [6, 6.07) is 11.5. The summed E-state index contributed by atoms with van der Waals surface area (Å²) in [6.07, 6.45) is 1.65. The second-order valence-corrected chi connectivity index (χ2v) is 4.48. The second kappa shape index (κ2) is 4.81. The Morgan fingerprint density at radius 2 is 2.00 bits per heavy atom. The third kappa shape index (κ3) is 2.60. The minimum absolute atomic E-state index is 0.496. The fourth-order valence-corrected chi connectivity index (χ4v) is 2.22. The molecule has 2 rings (SSSR count). The molecule has 2 aromatic rings. The van der Waals surface area contributed by atoms with Gasteiger partial charge in [0.15, 0.2) is 0 Å². The lowest BCUT2D eigenvalue weighted by Crippen LogP contribution is -2.02. The fourth-order valence-electron chi connectivity index (χ4n) is 1.47. The van der Waals surface area contributed by atoms with E-state index in [-0.39, 0.29) is 0 Å². The second-order valence-electron chi connectivity index (χ2n) is 3.32. The van der Waals surface area contributed by atoms with Gasteiger partial charge in [-0.05, 0) is 46.4 Å². The molecule has 1 N–H and O–H groups in total. The summed E-state index contributed by atoms with van der Waals surface area (Å²) in [5.74, 6) is 0.808. The van der Waals surface area contributed by atoms with Crippen molar-refractivity contribution in [2.75, 3.05) is 0 Å². The Kier molecular flexibility index (Phi) is 3.43. The number of rotatable bonds is 3. The fraction of sp³-hybridized carbons (Fsp3) is 0.167. The van der Waals surface area contributed by atoms with Gasteiger partial charge in [0, 0.05) is 9.99 Å². The normalized spacial score (nSPS) is 12.7. The van der Waals surface area contributed by atoms with Crippen LogP contribution >= 0.6 is 22.6 Å². The van der Waals surface area contributed by atoms with Crippen LogP contribution in [0.25, 0.3) is 0 Å². The van der Waals surface area contributed by atoms with Crippen molar-refractivity contribution in [3.63, 3.8) is 0 Å². The van der Waals surface area contributed by atoms with Crippen LogP contribution in [0.3, 0.4) is 0 Å². The van der Waals surface area contributed by atoms with E-state index in [1.54, 1.807) is 6.26 Å². The van der Waals surface area contributed by atoms with Gasteiger partial charge in [0.05, 0.1) is 12.4 Å². The minimum atomic E-state index is -0.496. The summed E-state index contributed by atoms with van der Waals surface area (Å²) in [4.78, 5) is 0. The predicted molar refractivity (Wildman–Crippen MR) is 66.5 cm³/mol. The Bertz CT molecular complexity index is 423. The maximum Gasteiger partial charge on any atom is 0.106 e. The van der Waals surface area contributed by atoms with Gasteiger partial charge in [0.1, 0.15) is 5.76 Å². The van der Waals surface area contributed by atoms with Gasteiger partial charge in [-0.25, -0.2) is 0 Å². The van der Waals surface area contributed by atoms with Crippen LogP contribution in [0.2, 0.25) is 0 Å². The largest absolute Gasteiger partial charge is 0.469 e. The van der Waals surface area contributed by atoms with Crippen molar-refractivity contribution in [3.8, 4) is 0 Å². The van der Waals surface area contributed by atoms with Crippen molar-refractivity contribution < 1.29 is 9.52 Å². The van der Waals surface area contributed by atoms with Gasteiger partial charge >= 0.3 is 0 Å². The van der Waals surface area contributed by atoms with Crippen molar-refractivity contribution >= 4 is 22.6 Å². The quantitative estimate of drug-likeness (QED) is 0.883. The summed E-state index contributed by atoms with van der Waals surface area (Å²) >= 11 is 2.23. The van der Waals surface area contributed by atoms with Crippen molar-refractivity contribution in [2.45, 2.75) is 12.5 Å². The number of halogens is 1. The summed E-state index contributed by atoms with van der Waals surface area (Å²) in [6.45, 7) is 0. The van der Waals surface area contributed by atoms with E-state index >= 15 is 0 Å². The molecule has 78 valence electrons. The molecule has 0 amide bonds. The van der Waals surface area contributed by atoms with E-state index in [2.05, 4.69) is 22.6 Å². The maximum absolute atomic E-state index is 10.0. The molecule has 1 heterocycles. The molecule has 1 unspecified atom stereocenters. The first-order valence-electron chi connectivity index (χ1n) is 4.72. The molecule has 0 bridgehead atoms. The highest BCUT2D eigenvalue weighted by molar-refractivity contribution is 14.1. The molecule has 0 aliphatic carbocycles. The van der Waals surface area contributed by atoms with Crippen molar-refractivity contribution in [1.82, 2.24) is 0 Å². The van der Waals surface area contributed by atoms with Gasteiger partial charge in [-0.15, -0.1) is 0 Å². The lowest BCUT2D eigenvalue weighted by atomic mass is 10.1. The van der Waals surface area contributed by atoms with E-state index in [0.717, 1.165) is 14.9 Å². The Morgan fingerprint density at radius 1 is 1.20 bits per heavy atom. The highest BCUT2D eigenvalue weighted by Gasteiger charge is 2.12. The molecular formula is C12H11IO2. The van der Waals surface area contributed by atoms with Crippen LogP contribution in [0.4, 0.5) is 0 Å². The first-order chi connectivity index (χ1) is 7.27. The zero-order valence-electron chi connectivity index (χ0n) is 8.06. The Hall–Kier alpha value is -0.810. The molecule has 3 heteroatoms. The van der Waals surface area contributed by atoms with Gasteiger partial charge in [0.25, 0.3) is 0 Å². The van der Waals surface area contributed by atoms with Crippen LogP contribution < -0.4 is 0 Å². The molecule has 2 nitrogen and oxygen atoms in total. The summed E-state index contributed by atoms with van der Waals surface area (Å²) in [7, 11) is 0. The van der Waals surface area contributed by atoms with E-state index in [4.69, 9.17) is 4.42 Å². The minimum Gasteiger partial charge on any atom is -0.469 e. The van der Waals surface area contributed by atoms with Gasteiger partial charge in [-0.3, -0.25) is 0 Å². The molecule has 0 saturated heterocycles. The molecular weight excluding hydrogens is 303 g/mol. The standard InChI is InChI=1S/C12H11IO2/c13-11-6-2-1-5-10(11)12(14)8-9-4-3-7-15-9/h1-7,12,14H,8H2. The van der Waals surface area contributed by atoms with E-state index in [0.29, 0.717) is 6.42 Å². The van der Waals surface area contributed by atoms with E-state index in [9.17, 15) is 5.11 Å². The molecule has 1 aromatic heterocycles. The molecule has 0 spiro atoms. The molecule has 1 aromatic carbocycles. The lowest BCUT2D eigenvalue weighted by molar-refractivity contribution is 0.169. The zero-order chi connectivity index (χ0) is 10.7. The van der Waals surface area contributed by atoms with Crippen LogP contribution in [-0.4, -0.2) is 5.11 Å². The average molecular weight is 314 g/mol. The van der Waals surface area contributed by atoms with Gasteiger partial charge < -0.3 is 9.52 Å². The average Bonchev–Trinajstić information content (AvgIpc) is 2.71. The number of benzene rings is 1. The molecule has 0 fully saturated rings. The van der Waals surface area contributed by atoms with Crippen LogP contribution in [0.5, 0.6) is 0 Å². The van der Waals surface area contributed by atoms with E-state index < -0.39 is 6.10 Å². The smallest absolute Gasteiger partial charge is 0.106 e. The van der Waals surface area contributed by atoms with E-state index in [1.807, 2.05) is 36.4 Å². The molecule has 0 radical (unpaired) electrons. The lowest BCUT2D eigenvalue weighted by Gasteiger charge is -2.10. The summed E-state index contributed by atoms with van der Waals surface area (Å²) in [5.41, 5.74) is 0.953. The molecule has 1 atom stereocenters. The van der Waals surface area contributed by atoms with Crippen LogP contribution in [0.15, 0.2) is 47.1 Å². The Balaban J connectivity index is 2.15. The van der Waals surface area contributed by atoms with Gasteiger partial charge in [-0.1, -0.05) is 18.2 Å². The molecule has 0 saturated carbocycles. The Morgan fingerprint density at radius 3 is 2.67 bits per heavy atom. The molecule has 15 heavy (non-hydrogen) atoms. The highest BCUT2D eigenvalue weighted by atomic mass is 127. The number of furan rings is 1. The third-order valence-corrected chi connectivity index (χ3v) is 3.22. The molecule has 0 aliphatic rings. The summed E-state index contributed by atoms with van der Waals surface area (Å²) < 4.78 is 6.28. The van der Waals surface area contributed by atoms with Crippen molar-refractivity contribution in [2.24, 2.45) is 0 Å². The van der Waals surface area contributed by atoms with Crippen molar-refractivity contribution in [1.29, 1.82) is 0 Å². The van der Waals surface area contributed by atoms with Gasteiger partial charge in [0.2, 0.25) is 0 Å². The zero-order valence-corrected chi connectivity index (χ0v) is 10.2. The number of aliphatic hydroxyl groups excluding tert-OH is 1. The summed E-state index contributed by atoms with van der Waals surface area (Å²) in [5, 5.41) is 10.0. The first-order valence-corrected chi connectivity index (χ1v) is 5.80. The maximum atomic E-state index is 10.0.